The van der Waals surface area contributed by atoms with Gasteiger partial charge in [-0.05, 0) is 30.5 Å². The van der Waals surface area contributed by atoms with Crippen LogP contribution in [0.3, 0.4) is 0 Å². The molecule has 0 saturated carbocycles. The second-order valence-electron chi connectivity index (χ2n) is 6.94. The molecule has 3 heterocycles. The van der Waals surface area contributed by atoms with Crippen molar-refractivity contribution in [1.82, 2.24) is 19.4 Å². The topological polar surface area (TPSA) is 71.0 Å². The summed E-state index contributed by atoms with van der Waals surface area (Å²) in [6.45, 7) is 1.27. The standard InChI is InChI=1S/C21H22N4O2/c1-24-14-11-22-19(24)16-9-12-25(13-10-16)21(27)17-7-8-18(23-20(17)26)15-5-3-2-4-6-15/h2-8,11,14,16H,9-10,12-13H2,1H3,(H,23,26). The Labute approximate surface area is 157 Å². The average molecular weight is 362 g/mol. The third-order valence-corrected chi connectivity index (χ3v) is 5.23. The molecule has 1 aromatic carbocycles. The molecule has 1 aliphatic heterocycles. The summed E-state index contributed by atoms with van der Waals surface area (Å²) in [5.74, 6) is 1.22. The molecular formula is C21H22N4O2. The lowest BCUT2D eigenvalue weighted by Gasteiger charge is -2.31. The van der Waals surface area contributed by atoms with Crippen LogP contribution in [0.25, 0.3) is 11.3 Å². The van der Waals surface area contributed by atoms with Crippen LogP contribution in [0.2, 0.25) is 0 Å². The highest BCUT2D eigenvalue weighted by molar-refractivity contribution is 5.94. The monoisotopic (exact) mass is 362 g/mol. The Morgan fingerprint density at radius 2 is 1.85 bits per heavy atom. The summed E-state index contributed by atoms with van der Waals surface area (Å²) in [6.07, 6.45) is 5.47. The van der Waals surface area contributed by atoms with E-state index >= 15 is 0 Å². The summed E-state index contributed by atoms with van der Waals surface area (Å²) in [7, 11) is 1.99. The highest BCUT2D eigenvalue weighted by atomic mass is 16.2. The average Bonchev–Trinajstić information content (AvgIpc) is 3.14. The molecule has 27 heavy (non-hydrogen) atoms. The van der Waals surface area contributed by atoms with Crippen LogP contribution in [-0.2, 0) is 7.05 Å². The number of aromatic nitrogens is 3. The maximum atomic E-state index is 12.8. The van der Waals surface area contributed by atoms with E-state index < -0.39 is 0 Å². The van der Waals surface area contributed by atoms with Crippen molar-refractivity contribution in [2.24, 2.45) is 7.05 Å². The molecule has 1 saturated heterocycles. The van der Waals surface area contributed by atoms with Gasteiger partial charge in [-0.3, -0.25) is 9.59 Å². The van der Waals surface area contributed by atoms with Crippen molar-refractivity contribution in [2.75, 3.05) is 13.1 Å². The largest absolute Gasteiger partial charge is 0.338 e. The van der Waals surface area contributed by atoms with Crippen LogP contribution >= 0.6 is 0 Å². The Morgan fingerprint density at radius 3 is 2.48 bits per heavy atom. The van der Waals surface area contributed by atoms with Crippen molar-refractivity contribution in [3.8, 4) is 11.3 Å². The van der Waals surface area contributed by atoms with Gasteiger partial charge >= 0.3 is 0 Å². The van der Waals surface area contributed by atoms with Crippen molar-refractivity contribution in [1.29, 1.82) is 0 Å². The minimum atomic E-state index is -0.340. The lowest BCUT2D eigenvalue weighted by Crippen LogP contribution is -2.40. The van der Waals surface area contributed by atoms with Gasteiger partial charge in [-0.2, -0.15) is 0 Å². The van der Waals surface area contributed by atoms with Gasteiger partial charge in [0.05, 0.1) is 0 Å². The smallest absolute Gasteiger partial charge is 0.261 e. The molecule has 0 aliphatic carbocycles. The fraction of sp³-hybridized carbons (Fsp3) is 0.286. The van der Waals surface area contributed by atoms with Crippen LogP contribution in [0, 0.1) is 0 Å². The molecule has 6 heteroatoms. The molecule has 2 aromatic heterocycles. The van der Waals surface area contributed by atoms with E-state index in [0.29, 0.717) is 24.7 Å². The third kappa shape index (κ3) is 3.43. The van der Waals surface area contributed by atoms with E-state index in [1.807, 2.05) is 48.1 Å². The van der Waals surface area contributed by atoms with E-state index in [1.54, 1.807) is 23.2 Å². The molecule has 1 N–H and O–H groups in total. The van der Waals surface area contributed by atoms with Gasteiger partial charge in [-0.1, -0.05) is 30.3 Å². The maximum Gasteiger partial charge on any atom is 0.261 e. The molecule has 6 nitrogen and oxygen atoms in total. The van der Waals surface area contributed by atoms with Gasteiger partial charge in [0.2, 0.25) is 0 Å². The highest BCUT2D eigenvalue weighted by Gasteiger charge is 2.27. The van der Waals surface area contributed by atoms with Gasteiger partial charge in [-0.25, -0.2) is 4.98 Å². The summed E-state index contributed by atoms with van der Waals surface area (Å²) in [4.78, 5) is 34.3. The molecule has 1 aliphatic rings. The van der Waals surface area contributed by atoms with Gasteiger partial charge in [-0.15, -0.1) is 0 Å². The third-order valence-electron chi connectivity index (χ3n) is 5.23. The fourth-order valence-corrected chi connectivity index (χ4v) is 3.71. The summed E-state index contributed by atoms with van der Waals surface area (Å²) in [5.41, 5.74) is 1.49. The lowest BCUT2D eigenvalue weighted by atomic mass is 9.95. The van der Waals surface area contributed by atoms with Gasteiger partial charge in [0.15, 0.2) is 0 Å². The van der Waals surface area contributed by atoms with E-state index in [2.05, 4.69) is 9.97 Å². The molecule has 3 aromatic rings. The van der Waals surface area contributed by atoms with E-state index in [1.165, 1.54) is 0 Å². The normalized spacial score (nSPS) is 15.1. The van der Waals surface area contributed by atoms with E-state index in [-0.39, 0.29) is 17.0 Å². The number of aromatic amines is 1. The van der Waals surface area contributed by atoms with Gasteiger partial charge in [0.1, 0.15) is 11.4 Å². The zero-order valence-corrected chi connectivity index (χ0v) is 15.3. The Bertz CT molecular complexity index is 998. The number of hydrogen-bond acceptors (Lipinski definition) is 3. The Hall–Kier alpha value is -3.15. The van der Waals surface area contributed by atoms with Crippen LogP contribution in [-0.4, -0.2) is 38.4 Å². The van der Waals surface area contributed by atoms with E-state index in [9.17, 15) is 9.59 Å². The number of pyridine rings is 1. The number of imidazole rings is 1. The fourth-order valence-electron chi connectivity index (χ4n) is 3.71. The van der Waals surface area contributed by atoms with Crippen molar-refractivity contribution >= 4 is 5.91 Å². The zero-order valence-electron chi connectivity index (χ0n) is 15.3. The highest BCUT2D eigenvalue weighted by Crippen LogP contribution is 2.27. The maximum absolute atomic E-state index is 12.8. The molecule has 4 rings (SSSR count). The van der Waals surface area contributed by atoms with Gasteiger partial charge < -0.3 is 14.5 Å². The van der Waals surface area contributed by atoms with Crippen LogP contribution in [0.4, 0.5) is 0 Å². The van der Waals surface area contributed by atoms with Crippen LogP contribution in [0.5, 0.6) is 0 Å². The predicted molar refractivity (Wildman–Crippen MR) is 104 cm³/mol. The van der Waals surface area contributed by atoms with Gasteiger partial charge in [0.25, 0.3) is 11.5 Å². The molecule has 0 bridgehead atoms. The first-order chi connectivity index (χ1) is 13.1. The number of amides is 1. The number of carbonyl (C=O) groups is 1. The minimum absolute atomic E-state index is 0.199. The second kappa shape index (κ2) is 7.23. The summed E-state index contributed by atoms with van der Waals surface area (Å²) >= 11 is 0. The Balaban J connectivity index is 1.47. The molecule has 0 spiro atoms. The first-order valence-electron chi connectivity index (χ1n) is 9.19. The second-order valence-corrected chi connectivity index (χ2v) is 6.94. The minimum Gasteiger partial charge on any atom is -0.338 e. The molecule has 138 valence electrons. The number of nitrogens with zero attached hydrogens (tertiary/aromatic N) is 3. The molecule has 1 amide bonds. The number of rotatable bonds is 3. The number of nitrogens with one attached hydrogen (secondary N) is 1. The predicted octanol–water partition coefficient (Wildman–Crippen LogP) is 2.80. The Kier molecular flexibility index (Phi) is 4.62. The van der Waals surface area contributed by atoms with Crippen LogP contribution in [0.15, 0.2) is 59.7 Å². The number of hydrogen-bond donors (Lipinski definition) is 1. The number of carbonyl (C=O) groups excluding carboxylic acids is 1. The number of likely N-dealkylation sites (tertiary alicyclic amines) is 1. The number of aryl methyl sites for hydroxylation is 1. The summed E-state index contributed by atoms with van der Waals surface area (Å²) in [5, 5.41) is 0. The summed E-state index contributed by atoms with van der Waals surface area (Å²) in [6, 6.07) is 13.0. The van der Waals surface area contributed by atoms with Crippen molar-refractivity contribution < 1.29 is 4.79 Å². The lowest BCUT2D eigenvalue weighted by molar-refractivity contribution is 0.0708. The summed E-state index contributed by atoms with van der Waals surface area (Å²) < 4.78 is 2.04. The number of piperidine rings is 1. The van der Waals surface area contributed by atoms with Crippen molar-refractivity contribution in [2.45, 2.75) is 18.8 Å². The van der Waals surface area contributed by atoms with Gasteiger partial charge in [0, 0.05) is 44.1 Å². The first-order valence-corrected chi connectivity index (χ1v) is 9.19. The SMILES string of the molecule is Cn1ccnc1C1CCN(C(=O)c2ccc(-c3ccccc3)[nH]c2=O)CC1. The quantitative estimate of drug-likeness (QED) is 0.779. The van der Waals surface area contributed by atoms with E-state index in [0.717, 1.165) is 24.2 Å². The zero-order chi connectivity index (χ0) is 18.8. The number of H-pyrrole nitrogens is 1. The molecule has 0 radical (unpaired) electrons. The van der Waals surface area contributed by atoms with E-state index in [4.69, 9.17) is 0 Å². The molecule has 1 fully saturated rings. The van der Waals surface area contributed by atoms with Crippen molar-refractivity contribution in [3.05, 3.63) is 76.6 Å². The van der Waals surface area contributed by atoms with Crippen LogP contribution in [0.1, 0.15) is 34.9 Å². The van der Waals surface area contributed by atoms with Crippen LogP contribution < -0.4 is 5.56 Å². The molecular weight excluding hydrogens is 340 g/mol. The number of benzene rings is 1. The molecule has 0 unspecified atom stereocenters. The molecule has 0 atom stereocenters. The van der Waals surface area contributed by atoms with Crippen molar-refractivity contribution in [3.63, 3.8) is 0 Å². The Morgan fingerprint density at radius 1 is 1.11 bits per heavy atom. The first kappa shape index (κ1) is 17.3.